The number of aryl methyl sites for hydroxylation is 2. The van der Waals surface area contributed by atoms with E-state index in [2.05, 4.69) is 17.1 Å². The van der Waals surface area contributed by atoms with Gasteiger partial charge in [-0.25, -0.2) is 17.8 Å². The van der Waals surface area contributed by atoms with Crippen molar-refractivity contribution in [3.8, 4) is 0 Å². The van der Waals surface area contributed by atoms with Gasteiger partial charge in [0, 0.05) is 11.6 Å². The molecule has 0 fully saturated rings. The van der Waals surface area contributed by atoms with E-state index >= 15 is 0 Å². The highest BCUT2D eigenvalue weighted by molar-refractivity contribution is 7.90. The number of hydrogen-bond acceptors (Lipinski definition) is 5. The van der Waals surface area contributed by atoms with Crippen LogP contribution in [0.3, 0.4) is 0 Å². The lowest BCUT2D eigenvalue weighted by molar-refractivity contribution is 0.591. The molecule has 0 saturated carbocycles. The van der Waals surface area contributed by atoms with Crippen LogP contribution in [0.4, 0.5) is 10.1 Å². The minimum atomic E-state index is -3.15. The van der Waals surface area contributed by atoms with Gasteiger partial charge in [-0.15, -0.1) is 11.3 Å². The number of thiazole rings is 1. The summed E-state index contributed by atoms with van der Waals surface area (Å²) in [5.41, 5.74) is 4.45. The third-order valence-electron chi connectivity index (χ3n) is 4.76. The number of benzene rings is 2. The molecule has 0 spiro atoms. The molecule has 3 rings (SSSR count). The molecule has 0 bridgehead atoms. The van der Waals surface area contributed by atoms with Crippen LogP contribution < -0.4 is 4.90 Å². The highest BCUT2D eigenvalue weighted by atomic mass is 32.2. The molecule has 3 aromatic rings. The van der Waals surface area contributed by atoms with Crippen molar-refractivity contribution in [2.24, 2.45) is 0 Å². The van der Waals surface area contributed by atoms with Crippen molar-refractivity contribution >= 4 is 26.9 Å². The molecular weight excluding hydrogens is 407 g/mol. The van der Waals surface area contributed by atoms with Gasteiger partial charge in [0.25, 0.3) is 0 Å². The zero-order chi connectivity index (χ0) is 21.2. The third-order valence-corrected chi connectivity index (χ3v) is 6.63. The van der Waals surface area contributed by atoms with Crippen molar-refractivity contribution < 1.29 is 12.8 Å². The monoisotopic (exact) mass is 432 g/mol. The van der Waals surface area contributed by atoms with E-state index in [-0.39, 0.29) is 17.6 Å². The Morgan fingerprint density at radius 2 is 1.76 bits per heavy atom. The fraction of sp³-hybridized carbons (Fsp3) is 0.318. The van der Waals surface area contributed by atoms with Crippen molar-refractivity contribution in [2.75, 3.05) is 11.2 Å². The summed E-state index contributed by atoms with van der Waals surface area (Å²) >= 11 is 1.32. The number of nitrogens with zero attached hydrogens (tertiary/aromatic N) is 2. The number of aromatic nitrogens is 1. The van der Waals surface area contributed by atoms with Crippen molar-refractivity contribution in [3.05, 3.63) is 81.1 Å². The fourth-order valence-corrected chi connectivity index (χ4v) is 5.18. The van der Waals surface area contributed by atoms with Crippen LogP contribution in [0.1, 0.15) is 40.4 Å². The molecule has 29 heavy (non-hydrogen) atoms. The maximum Gasteiger partial charge on any atom is 0.153 e. The first-order chi connectivity index (χ1) is 13.6. The van der Waals surface area contributed by atoms with Crippen LogP contribution in [0, 0.1) is 19.7 Å². The molecule has 0 aliphatic carbocycles. The predicted octanol–water partition coefficient (Wildman–Crippen LogP) is 5.21. The molecule has 1 atom stereocenters. The molecule has 2 aromatic carbocycles. The van der Waals surface area contributed by atoms with Gasteiger partial charge >= 0.3 is 0 Å². The third kappa shape index (κ3) is 5.64. The summed E-state index contributed by atoms with van der Waals surface area (Å²) in [6.45, 7) is 6.39. The molecule has 0 amide bonds. The normalized spacial score (nSPS) is 12.7. The molecule has 7 heteroatoms. The Hall–Kier alpha value is -2.25. The second kappa shape index (κ2) is 8.63. The minimum Gasteiger partial charge on any atom is -0.356 e. The maximum absolute atomic E-state index is 14.8. The van der Waals surface area contributed by atoms with Crippen LogP contribution in [-0.4, -0.2) is 19.7 Å². The fourth-order valence-electron chi connectivity index (χ4n) is 3.19. The number of rotatable bonds is 7. The minimum absolute atomic E-state index is 0.0794. The Balaban J connectivity index is 1.97. The second-order valence-corrected chi connectivity index (χ2v) is 10.6. The van der Waals surface area contributed by atoms with E-state index < -0.39 is 9.84 Å². The topological polar surface area (TPSA) is 50.3 Å². The van der Waals surface area contributed by atoms with Gasteiger partial charge in [-0.3, -0.25) is 0 Å². The van der Waals surface area contributed by atoms with E-state index in [9.17, 15) is 12.8 Å². The molecule has 1 heterocycles. The number of hydrogen-bond donors (Lipinski definition) is 0. The highest BCUT2D eigenvalue weighted by Gasteiger charge is 2.21. The first-order valence-electron chi connectivity index (χ1n) is 9.33. The summed E-state index contributed by atoms with van der Waals surface area (Å²) in [5.74, 6) is -0.370. The van der Waals surface area contributed by atoms with Crippen molar-refractivity contribution in [2.45, 2.75) is 39.1 Å². The molecule has 1 unspecified atom stereocenters. The van der Waals surface area contributed by atoms with Crippen LogP contribution in [-0.2, 0) is 22.1 Å². The van der Waals surface area contributed by atoms with Gasteiger partial charge in [0.2, 0.25) is 0 Å². The molecule has 1 aromatic heterocycles. The van der Waals surface area contributed by atoms with E-state index in [1.165, 1.54) is 29.2 Å². The van der Waals surface area contributed by atoms with Gasteiger partial charge in [-0.1, -0.05) is 35.9 Å². The zero-order valence-electron chi connectivity index (χ0n) is 17.0. The van der Waals surface area contributed by atoms with Gasteiger partial charge in [-0.2, -0.15) is 0 Å². The molecule has 0 saturated heterocycles. The standard InChI is InChI=1S/C22H25FN2O2S2/c1-15-5-8-18(9-6-15)17(3)25(21-11-16(2)7-10-20(21)23)12-19-13-28-22(24-19)14-29(4,26)27/h5-11,13,17H,12,14H2,1-4H3. The second-order valence-electron chi connectivity index (χ2n) is 7.47. The van der Waals surface area contributed by atoms with Crippen LogP contribution in [0.5, 0.6) is 0 Å². The van der Waals surface area contributed by atoms with Crippen LogP contribution >= 0.6 is 11.3 Å². The Labute approximate surface area is 176 Å². The van der Waals surface area contributed by atoms with Crippen LogP contribution in [0.25, 0.3) is 0 Å². The molecule has 0 aliphatic heterocycles. The molecular formula is C22H25FN2O2S2. The Morgan fingerprint density at radius 1 is 1.10 bits per heavy atom. The summed E-state index contributed by atoms with van der Waals surface area (Å²) < 4.78 is 37.9. The first kappa shape index (κ1) is 21.5. The number of anilines is 1. The van der Waals surface area contributed by atoms with Crippen molar-refractivity contribution in [1.29, 1.82) is 0 Å². The molecule has 154 valence electrons. The number of halogens is 1. The summed E-state index contributed by atoms with van der Waals surface area (Å²) in [4.78, 5) is 6.46. The van der Waals surface area contributed by atoms with Gasteiger partial charge < -0.3 is 4.90 Å². The highest BCUT2D eigenvalue weighted by Crippen LogP contribution is 2.32. The quantitative estimate of drug-likeness (QED) is 0.514. The molecule has 0 radical (unpaired) electrons. The molecule has 4 nitrogen and oxygen atoms in total. The molecule has 0 N–H and O–H groups in total. The number of sulfone groups is 1. The predicted molar refractivity (Wildman–Crippen MR) is 118 cm³/mol. The Kier molecular flexibility index (Phi) is 6.39. The lowest BCUT2D eigenvalue weighted by Crippen LogP contribution is -2.27. The zero-order valence-corrected chi connectivity index (χ0v) is 18.6. The van der Waals surface area contributed by atoms with E-state index in [1.807, 2.05) is 49.3 Å². The lowest BCUT2D eigenvalue weighted by atomic mass is 10.0. The SMILES string of the molecule is Cc1ccc(C(C)N(Cc2csc(CS(C)(=O)=O)n2)c2cc(C)ccc2F)cc1. The Morgan fingerprint density at radius 3 is 2.41 bits per heavy atom. The first-order valence-corrected chi connectivity index (χ1v) is 12.3. The van der Waals surface area contributed by atoms with E-state index in [1.54, 1.807) is 6.07 Å². The maximum atomic E-state index is 14.8. The van der Waals surface area contributed by atoms with Crippen LogP contribution in [0.2, 0.25) is 0 Å². The van der Waals surface area contributed by atoms with Gasteiger partial charge in [0.1, 0.15) is 16.6 Å². The van der Waals surface area contributed by atoms with Gasteiger partial charge in [0.15, 0.2) is 9.84 Å². The van der Waals surface area contributed by atoms with E-state index in [0.29, 0.717) is 17.2 Å². The lowest BCUT2D eigenvalue weighted by Gasteiger charge is -2.32. The van der Waals surface area contributed by atoms with Crippen molar-refractivity contribution in [3.63, 3.8) is 0 Å². The largest absolute Gasteiger partial charge is 0.356 e. The van der Waals surface area contributed by atoms with E-state index in [4.69, 9.17) is 0 Å². The average molecular weight is 433 g/mol. The summed E-state index contributed by atoms with van der Waals surface area (Å²) in [7, 11) is -3.15. The Bertz CT molecular complexity index is 1090. The summed E-state index contributed by atoms with van der Waals surface area (Å²) in [6.07, 6.45) is 1.20. The van der Waals surface area contributed by atoms with Gasteiger partial charge in [0.05, 0.1) is 24.0 Å². The summed E-state index contributed by atoms with van der Waals surface area (Å²) in [5, 5.41) is 2.40. The smallest absolute Gasteiger partial charge is 0.153 e. The van der Waals surface area contributed by atoms with Gasteiger partial charge in [-0.05, 0) is 44.0 Å². The van der Waals surface area contributed by atoms with Crippen LogP contribution in [0.15, 0.2) is 47.8 Å². The molecule has 0 aliphatic rings. The van der Waals surface area contributed by atoms with E-state index in [0.717, 1.165) is 16.8 Å². The summed E-state index contributed by atoms with van der Waals surface area (Å²) in [6, 6.07) is 13.2. The van der Waals surface area contributed by atoms with Crippen molar-refractivity contribution in [1.82, 2.24) is 4.98 Å². The average Bonchev–Trinajstić information content (AvgIpc) is 3.07.